The minimum absolute atomic E-state index is 0.120. The van der Waals surface area contributed by atoms with Gasteiger partial charge in [-0.15, -0.1) is 0 Å². The lowest BCUT2D eigenvalue weighted by atomic mass is 9.91. The molecule has 84 valence electrons. The Morgan fingerprint density at radius 2 is 1.81 bits per heavy atom. The summed E-state index contributed by atoms with van der Waals surface area (Å²) < 4.78 is 2.05. The van der Waals surface area contributed by atoms with E-state index in [1.54, 1.807) is 0 Å². The molecule has 0 aliphatic carbocycles. The van der Waals surface area contributed by atoms with Crippen LogP contribution in [-0.2, 0) is 12.5 Å². The van der Waals surface area contributed by atoms with Gasteiger partial charge in [0.25, 0.3) is 0 Å². The number of hydrogen-bond acceptors (Lipinski definition) is 1. The zero-order valence-electron chi connectivity index (χ0n) is 10.4. The first-order valence-electron chi connectivity index (χ1n) is 5.56. The smallest absolute Gasteiger partial charge is 0.0457 e. The minimum atomic E-state index is 0.120. The van der Waals surface area contributed by atoms with Crippen molar-refractivity contribution in [3.8, 4) is 11.1 Å². The number of nitrogens with zero attached hydrogens (tertiary/aromatic N) is 2. The number of aryl methyl sites for hydroxylation is 1. The van der Waals surface area contributed by atoms with Crippen LogP contribution in [0.25, 0.3) is 11.1 Å². The van der Waals surface area contributed by atoms with Crippen molar-refractivity contribution < 1.29 is 0 Å². The number of rotatable bonds is 1. The predicted octanol–water partition coefficient (Wildman–Crippen LogP) is 3.38. The Kier molecular flexibility index (Phi) is 2.58. The van der Waals surface area contributed by atoms with Crippen LogP contribution in [0.2, 0.25) is 0 Å². The summed E-state index contributed by atoms with van der Waals surface area (Å²) in [5.74, 6) is 0. The highest BCUT2D eigenvalue weighted by molar-refractivity contribution is 5.61. The Morgan fingerprint density at radius 3 is 2.25 bits per heavy atom. The molecule has 2 heteroatoms. The molecule has 0 amide bonds. The summed E-state index contributed by atoms with van der Waals surface area (Å²) in [6.07, 6.45) is 6.11. The number of pyridine rings is 1. The molecule has 0 fully saturated rings. The first-order chi connectivity index (χ1) is 7.47. The molecular formula is C14H18N2. The Morgan fingerprint density at radius 1 is 1.06 bits per heavy atom. The topological polar surface area (TPSA) is 17.8 Å². The molecule has 0 unspecified atom stereocenters. The van der Waals surface area contributed by atoms with Crippen LogP contribution in [0.1, 0.15) is 26.5 Å². The molecule has 0 aromatic carbocycles. The van der Waals surface area contributed by atoms with E-state index in [0.29, 0.717) is 0 Å². The van der Waals surface area contributed by atoms with Crippen molar-refractivity contribution in [1.29, 1.82) is 0 Å². The molecule has 0 atom stereocenters. The molecule has 2 nitrogen and oxygen atoms in total. The highest BCUT2D eigenvalue weighted by Gasteiger charge is 2.14. The molecule has 16 heavy (non-hydrogen) atoms. The summed E-state index contributed by atoms with van der Waals surface area (Å²) in [4.78, 5) is 4.53. The van der Waals surface area contributed by atoms with Crippen LogP contribution < -0.4 is 0 Å². The fraction of sp³-hybridized carbons (Fsp3) is 0.357. The van der Waals surface area contributed by atoms with Crippen molar-refractivity contribution in [2.75, 3.05) is 0 Å². The average molecular weight is 214 g/mol. The maximum absolute atomic E-state index is 4.53. The third-order valence-corrected chi connectivity index (χ3v) is 2.70. The van der Waals surface area contributed by atoms with Gasteiger partial charge in [0.1, 0.15) is 0 Å². The summed E-state index contributed by atoms with van der Waals surface area (Å²) in [5.41, 5.74) is 3.64. The van der Waals surface area contributed by atoms with E-state index < -0.39 is 0 Å². The Bertz CT molecular complexity index is 472. The quantitative estimate of drug-likeness (QED) is 0.711. The Balaban J connectivity index is 2.33. The minimum Gasteiger partial charge on any atom is -0.357 e. The summed E-state index contributed by atoms with van der Waals surface area (Å²) in [6.45, 7) is 6.53. The van der Waals surface area contributed by atoms with Gasteiger partial charge in [-0.05, 0) is 12.1 Å². The second-order valence-corrected chi connectivity index (χ2v) is 5.25. The van der Waals surface area contributed by atoms with Crippen LogP contribution in [0, 0.1) is 0 Å². The Hall–Kier alpha value is -1.57. The highest BCUT2D eigenvalue weighted by Crippen LogP contribution is 2.23. The van der Waals surface area contributed by atoms with Gasteiger partial charge in [-0.25, -0.2) is 0 Å². The van der Waals surface area contributed by atoms with E-state index in [9.17, 15) is 0 Å². The third-order valence-electron chi connectivity index (χ3n) is 2.70. The van der Waals surface area contributed by atoms with Gasteiger partial charge in [0.15, 0.2) is 0 Å². The molecule has 0 saturated heterocycles. The van der Waals surface area contributed by atoms with Crippen molar-refractivity contribution in [3.05, 3.63) is 42.5 Å². The molecule has 0 radical (unpaired) electrons. The van der Waals surface area contributed by atoms with E-state index in [4.69, 9.17) is 0 Å². The van der Waals surface area contributed by atoms with Crippen molar-refractivity contribution in [3.63, 3.8) is 0 Å². The van der Waals surface area contributed by atoms with Crippen LogP contribution in [0.5, 0.6) is 0 Å². The van der Waals surface area contributed by atoms with E-state index >= 15 is 0 Å². The van der Waals surface area contributed by atoms with Gasteiger partial charge in [-0.1, -0.05) is 26.8 Å². The van der Waals surface area contributed by atoms with Gasteiger partial charge in [0.05, 0.1) is 0 Å². The van der Waals surface area contributed by atoms with Crippen molar-refractivity contribution >= 4 is 0 Å². The van der Waals surface area contributed by atoms with Crippen LogP contribution in [0.15, 0.2) is 36.8 Å². The average Bonchev–Trinajstić information content (AvgIpc) is 2.64. The SMILES string of the molecule is Cn1ccc(-c2ccc(C(C)(C)C)nc2)c1. The van der Waals surface area contributed by atoms with E-state index in [2.05, 4.69) is 50.2 Å². The molecule has 0 spiro atoms. The third kappa shape index (κ3) is 2.16. The molecule has 0 aliphatic heterocycles. The predicted molar refractivity (Wildman–Crippen MR) is 67.3 cm³/mol. The molecule has 0 aliphatic rings. The normalized spacial score (nSPS) is 11.8. The number of aromatic nitrogens is 2. The fourth-order valence-corrected chi connectivity index (χ4v) is 1.68. The molecule has 0 saturated carbocycles. The largest absolute Gasteiger partial charge is 0.357 e. The molecule has 2 aromatic heterocycles. The van der Waals surface area contributed by atoms with E-state index in [1.165, 1.54) is 11.1 Å². The molecule has 2 rings (SSSR count). The lowest BCUT2D eigenvalue weighted by Gasteiger charge is -2.17. The zero-order valence-corrected chi connectivity index (χ0v) is 10.4. The lowest BCUT2D eigenvalue weighted by Crippen LogP contribution is -2.12. The van der Waals surface area contributed by atoms with Gasteiger partial charge in [-0.2, -0.15) is 0 Å². The summed E-state index contributed by atoms with van der Waals surface area (Å²) in [6, 6.07) is 6.36. The maximum atomic E-state index is 4.53. The molecule has 0 N–H and O–H groups in total. The van der Waals surface area contributed by atoms with Gasteiger partial charge in [0.2, 0.25) is 0 Å². The van der Waals surface area contributed by atoms with Crippen LogP contribution in [-0.4, -0.2) is 9.55 Å². The first-order valence-corrected chi connectivity index (χ1v) is 5.56. The van der Waals surface area contributed by atoms with Crippen molar-refractivity contribution in [2.45, 2.75) is 26.2 Å². The van der Waals surface area contributed by atoms with Crippen LogP contribution in [0.4, 0.5) is 0 Å². The second-order valence-electron chi connectivity index (χ2n) is 5.25. The van der Waals surface area contributed by atoms with Crippen LogP contribution >= 0.6 is 0 Å². The van der Waals surface area contributed by atoms with Gasteiger partial charge in [0, 0.05) is 47.9 Å². The van der Waals surface area contributed by atoms with E-state index in [-0.39, 0.29) is 5.41 Å². The zero-order chi connectivity index (χ0) is 11.8. The lowest BCUT2D eigenvalue weighted by molar-refractivity contribution is 0.569. The van der Waals surface area contributed by atoms with E-state index in [0.717, 1.165) is 5.69 Å². The number of hydrogen-bond donors (Lipinski definition) is 0. The van der Waals surface area contributed by atoms with Gasteiger partial charge in [-0.3, -0.25) is 4.98 Å². The van der Waals surface area contributed by atoms with Crippen LogP contribution in [0.3, 0.4) is 0 Å². The Labute approximate surface area is 97.0 Å². The maximum Gasteiger partial charge on any atom is 0.0457 e. The van der Waals surface area contributed by atoms with Crippen molar-refractivity contribution in [1.82, 2.24) is 9.55 Å². The highest BCUT2D eigenvalue weighted by atomic mass is 14.9. The molecule has 2 heterocycles. The molecular weight excluding hydrogens is 196 g/mol. The van der Waals surface area contributed by atoms with Crippen molar-refractivity contribution in [2.24, 2.45) is 7.05 Å². The van der Waals surface area contributed by atoms with E-state index in [1.807, 2.05) is 24.0 Å². The van der Waals surface area contributed by atoms with Gasteiger partial charge < -0.3 is 4.57 Å². The molecule has 0 bridgehead atoms. The first kappa shape index (κ1) is 10.9. The summed E-state index contributed by atoms with van der Waals surface area (Å²) in [5, 5.41) is 0. The van der Waals surface area contributed by atoms with Gasteiger partial charge >= 0.3 is 0 Å². The second kappa shape index (κ2) is 3.78. The fourth-order valence-electron chi connectivity index (χ4n) is 1.68. The summed E-state index contributed by atoms with van der Waals surface area (Å²) >= 11 is 0. The monoisotopic (exact) mass is 214 g/mol. The summed E-state index contributed by atoms with van der Waals surface area (Å²) in [7, 11) is 2.03. The molecule has 2 aromatic rings. The standard InChI is InChI=1S/C14H18N2/c1-14(2,3)13-6-5-11(9-15-13)12-7-8-16(4)10-12/h5-10H,1-4H3.